The first-order chi connectivity index (χ1) is 8.20. The summed E-state index contributed by atoms with van der Waals surface area (Å²) in [5.41, 5.74) is 0. The summed E-state index contributed by atoms with van der Waals surface area (Å²) in [6, 6.07) is 3.93. The minimum atomic E-state index is -0.0383. The normalized spacial score (nSPS) is 23.9. The van der Waals surface area contributed by atoms with Crippen LogP contribution in [0.5, 0.6) is 0 Å². The summed E-state index contributed by atoms with van der Waals surface area (Å²) in [7, 11) is 1.95. The van der Waals surface area contributed by atoms with E-state index < -0.39 is 0 Å². The van der Waals surface area contributed by atoms with Crippen LogP contribution in [-0.2, 0) is 0 Å². The van der Waals surface area contributed by atoms with Gasteiger partial charge in [-0.2, -0.15) is 0 Å². The van der Waals surface area contributed by atoms with E-state index in [1.165, 1.54) is 11.3 Å². The Balaban J connectivity index is 1.84. The van der Waals surface area contributed by atoms with Crippen molar-refractivity contribution in [3.05, 3.63) is 21.3 Å². The topological polar surface area (TPSA) is 53.2 Å². The highest BCUT2D eigenvalue weighted by molar-refractivity contribution is 7.17. The quantitative estimate of drug-likeness (QED) is 0.765. The number of nitrogens with one attached hydrogen (secondary N) is 3. The third kappa shape index (κ3) is 3.19. The number of carbonyl (C=O) groups excluding carboxylic acids is 1. The predicted octanol–water partition coefficient (Wildman–Crippen LogP) is 0.939. The molecule has 6 heteroatoms. The first-order valence-corrected chi connectivity index (χ1v) is 6.81. The van der Waals surface area contributed by atoms with Gasteiger partial charge in [0.05, 0.1) is 9.21 Å². The first-order valence-electron chi connectivity index (χ1n) is 5.62. The lowest BCUT2D eigenvalue weighted by molar-refractivity contribution is 0.0951. The summed E-state index contributed by atoms with van der Waals surface area (Å²) in [6.45, 7) is 2.59. The third-order valence-electron chi connectivity index (χ3n) is 3.03. The first kappa shape index (κ1) is 12.8. The van der Waals surface area contributed by atoms with Crippen LogP contribution in [0.15, 0.2) is 12.1 Å². The molecule has 17 heavy (non-hydrogen) atoms. The summed E-state index contributed by atoms with van der Waals surface area (Å²) in [5, 5.41) is 9.51. The highest BCUT2D eigenvalue weighted by atomic mass is 35.5. The second kappa shape index (κ2) is 5.82. The van der Waals surface area contributed by atoms with E-state index in [1.807, 2.05) is 7.05 Å². The fourth-order valence-corrected chi connectivity index (χ4v) is 2.99. The molecule has 0 aliphatic carbocycles. The van der Waals surface area contributed by atoms with E-state index in [0.717, 1.165) is 13.1 Å². The lowest BCUT2D eigenvalue weighted by Gasteiger charge is -2.17. The van der Waals surface area contributed by atoms with Gasteiger partial charge >= 0.3 is 0 Å². The van der Waals surface area contributed by atoms with E-state index in [2.05, 4.69) is 16.0 Å². The smallest absolute Gasteiger partial charge is 0.261 e. The van der Waals surface area contributed by atoms with Gasteiger partial charge in [0.2, 0.25) is 0 Å². The molecule has 2 atom stereocenters. The minimum Gasteiger partial charge on any atom is -0.351 e. The lowest BCUT2D eigenvalue weighted by atomic mass is 10.0. The van der Waals surface area contributed by atoms with Crippen molar-refractivity contribution >= 4 is 28.8 Å². The molecule has 1 aliphatic rings. The number of carbonyl (C=O) groups is 1. The zero-order valence-corrected chi connectivity index (χ0v) is 11.2. The van der Waals surface area contributed by atoms with Crippen LogP contribution >= 0.6 is 22.9 Å². The predicted molar refractivity (Wildman–Crippen MR) is 70.9 cm³/mol. The molecule has 1 amide bonds. The molecule has 94 valence electrons. The molecule has 1 fully saturated rings. The maximum Gasteiger partial charge on any atom is 0.261 e. The summed E-state index contributed by atoms with van der Waals surface area (Å²) in [4.78, 5) is 12.5. The van der Waals surface area contributed by atoms with Crippen LogP contribution in [0.25, 0.3) is 0 Å². The third-order valence-corrected chi connectivity index (χ3v) is 4.26. The fourth-order valence-electron chi connectivity index (χ4n) is 2.03. The maximum absolute atomic E-state index is 11.8. The molecular formula is C11H16ClN3OS. The Labute approximate surface area is 110 Å². The molecular weight excluding hydrogens is 258 g/mol. The Kier molecular flexibility index (Phi) is 4.39. The molecule has 2 heterocycles. The zero-order chi connectivity index (χ0) is 12.3. The van der Waals surface area contributed by atoms with Crippen LogP contribution in [0.2, 0.25) is 4.34 Å². The van der Waals surface area contributed by atoms with Crippen LogP contribution < -0.4 is 16.0 Å². The average molecular weight is 274 g/mol. The van der Waals surface area contributed by atoms with Gasteiger partial charge in [-0.15, -0.1) is 11.3 Å². The molecule has 0 spiro atoms. The van der Waals surface area contributed by atoms with Gasteiger partial charge in [-0.3, -0.25) is 4.79 Å². The van der Waals surface area contributed by atoms with Crippen LogP contribution in [-0.4, -0.2) is 38.6 Å². The monoisotopic (exact) mass is 273 g/mol. The van der Waals surface area contributed by atoms with E-state index in [0.29, 0.717) is 27.7 Å². The molecule has 0 aromatic carbocycles. The van der Waals surface area contributed by atoms with Crippen LogP contribution in [0.1, 0.15) is 9.67 Å². The van der Waals surface area contributed by atoms with E-state index >= 15 is 0 Å². The number of rotatable bonds is 4. The summed E-state index contributed by atoms with van der Waals surface area (Å²) in [6.07, 6.45) is 0. The van der Waals surface area contributed by atoms with Crippen LogP contribution in [0.4, 0.5) is 0 Å². The summed E-state index contributed by atoms with van der Waals surface area (Å²) in [5.74, 6) is 0.406. The van der Waals surface area contributed by atoms with Crippen molar-refractivity contribution in [2.24, 2.45) is 5.92 Å². The molecule has 1 aromatic rings. The van der Waals surface area contributed by atoms with Crippen molar-refractivity contribution in [3.8, 4) is 0 Å². The minimum absolute atomic E-state index is 0.0383. The van der Waals surface area contributed by atoms with Crippen molar-refractivity contribution in [2.45, 2.75) is 6.04 Å². The maximum atomic E-state index is 11.8. The van der Waals surface area contributed by atoms with Crippen LogP contribution in [0.3, 0.4) is 0 Å². The van der Waals surface area contributed by atoms with Crippen LogP contribution in [0, 0.1) is 5.92 Å². The molecule has 0 saturated carbocycles. The largest absolute Gasteiger partial charge is 0.351 e. The van der Waals surface area contributed by atoms with Gasteiger partial charge in [0.15, 0.2) is 0 Å². The highest BCUT2D eigenvalue weighted by Crippen LogP contribution is 2.21. The Morgan fingerprint density at radius 1 is 1.59 bits per heavy atom. The van der Waals surface area contributed by atoms with E-state index in [1.54, 1.807) is 12.1 Å². The van der Waals surface area contributed by atoms with Crippen molar-refractivity contribution in [1.82, 2.24) is 16.0 Å². The van der Waals surface area contributed by atoms with E-state index in [4.69, 9.17) is 11.6 Å². The number of amides is 1. The molecule has 0 radical (unpaired) electrons. The SMILES string of the molecule is CNC1CNC[C@@H]1CNC(=O)c1ccc(Cl)s1. The van der Waals surface area contributed by atoms with E-state index in [9.17, 15) is 4.79 Å². The second-order valence-corrected chi connectivity index (χ2v) is 5.84. The van der Waals surface area contributed by atoms with Gasteiger partial charge in [-0.25, -0.2) is 0 Å². The molecule has 1 aromatic heterocycles. The Bertz CT molecular complexity index is 396. The van der Waals surface area contributed by atoms with Gasteiger partial charge in [0.25, 0.3) is 5.91 Å². The van der Waals surface area contributed by atoms with Gasteiger partial charge in [0, 0.05) is 31.6 Å². The summed E-state index contributed by atoms with van der Waals surface area (Å²) >= 11 is 7.10. The molecule has 4 nitrogen and oxygen atoms in total. The Morgan fingerprint density at radius 3 is 3.06 bits per heavy atom. The van der Waals surface area contributed by atoms with Gasteiger partial charge in [-0.05, 0) is 19.2 Å². The van der Waals surface area contributed by atoms with Gasteiger partial charge in [-0.1, -0.05) is 11.6 Å². The number of hydrogen-bond acceptors (Lipinski definition) is 4. The van der Waals surface area contributed by atoms with Crippen molar-refractivity contribution in [1.29, 1.82) is 0 Å². The van der Waals surface area contributed by atoms with Gasteiger partial charge in [0.1, 0.15) is 0 Å². The number of thiophene rings is 1. The van der Waals surface area contributed by atoms with E-state index in [-0.39, 0.29) is 5.91 Å². The standard InChI is InChI=1S/C11H16ClN3OS/c1-13-8-6-14-4-7(8)5-15-11(16)9-2-3-10(12)17-9/h2-3,7-8,13-14H,4-6H2,1H3,(H,15,16)/t7-,8?/m1/s1. The number of halogens is 1. The Hall–Kier alpha value is -0.620. The van der Waals surface area contributed by atoms with Gasteiger partial charge < -0.3 is 16.0 Å². The lowest BCUT2D eigenvalue weighted by Crippen LogP contribution is -2.39. The molecule has 2 rings (SSSR count). The molecule has 1 aliphatic heterocycles. The van der Waals surface area contributed by atoms with Crippen molar-refractivity contribution < 1.29 is 4.79 Å². The molecule has 0 bridgehead atoms. The molecule has 3 N–H and O–H groups in total. The second-order valence-electron chi connectivity index (χ2n) is 4.13. The zero-order valence-electron chi connectivity index (χ0n) is 9.63. The Morgan fingerprint density at radius 2 is 2.41 bits per heavy atom. The average Bonchev–Trinajstić information content (AvgIpc) is 2.94. The molecule has 1 unspecified atom stereocenters. The fraction of sp³-hybridized carbons (Fsp3) is 0.545. The van der Waals surface area contributed by atoms with Crippen molar-refractivity contribution in [2.75, 3.05) is 26.7 Å². The number of likely N-dealkylation sites (N-methyl/N-ethyl adjacent to an activating group) is 1. The number of hydrogen-bond donors (Lipinski definition) is 3. The molecule has 1 saturated heterocycles. The summed E-state index contributed by atoms with van der Waals surface area (Å²) < 4.78 is 0.644. The van der Waals surface area contributed by atoms with Crippen molar-refractivity contribution in [3.63, 3.8) is 0 Å². The highest BCUT2D eigenvalue weighted by Gasteiger charge is 2.25.